The average molecular weight is 783 g/mol. The normalized spacial score (nSPS) is 15.6. The van der Waals surface area contributed by atoms with E-state index in [-0.39, 0.29) is 28.4 Å². The Hall–Kier alpha value is -5.80. The highest BCUT2D eigenvalue weighted by molar-refractivity contribution is 7.00. The maximum atomic E-state index is 4.25. The van der Waals surface area contributed by atoms with E-state index in [1.807, 2.05) is 6.08 Å². The van der Waals surface area contributed by atoms with Crippen LogP contribution < -0.4 is 26.2 Å². The molecule has 0 fully saturated rings. The molecule has 3 heteroatoms. The van der Waals surface area contributed by atoms with Crippen molar-refractivity contribution in [2.75, 3.05) is 9.80 Å². The quantitative estimate of drug-likeness (QED) is 0.127. The summed E-state index contributed by atoms with van der Waals surface area (Å²) in [7, 11) is 0. The molecule has 0 radical (unpaired) electrons. The predicted octanol–water partition coefficient (Wildman–Crippen LogP) is 13.5. The highest BCUT2D eigenvalue weighted by atomic mass is 15.2. The van der Waals surface area contributed by atoms with E-state index in [1.54, 1.807) is 0 Å². The molecule has 0 bridgehead atoms. The number of nitrogens with zero attached hydrogens (tertiary/aromatic N) is 2. The Morgan fingerprint density at radius 3 is 1.82 bits per heavy atom. The molecule has 300 valence electrons. The molecule has 0 aromatic heterocycles. The molecule has 0 unspecified atom stereocenters. The minimum atomic E-state index is -0.126. The van der Waals surface area contributed by atoms with E-state index in [2.05, 4.69) is 232 Å². The third kappa shape index (κ3) is 6.32. The first-order valence-electron chi connectivity index (χ1n) is 21.8. The van der Waals surface area contributed by atoms with Gasteiger partial charge in [0.1, 0.15) is 0 Å². The number of anilines is 5. The van der Waals surface area contributed by atoms with Crippen LogP contribution in [0.3, 0.4) is 0 Å². The van der Waals surface area contributed by atoms with Gasteiger partial charge in [0.25, 0.3) is 6.71 Å². The Balaban J connectivity index is 1.34. The predicted molar refractivity (Wildman–Crippen MR) is 261 cm³/mol. The van der Waals surface area contributed by atoms with Crippen molar-refractivity contribution in [2.45, 2.75) is 92.4 Å². The molecule has 2 nitrogen and oxygen atoms in total. The lowest BCUT2D eigenvalue weighted by Crippen LogP contribution is -2.61. The van der Waals surface area contributed by atoms with Crippen molar-refractivity contribution in [1.29, 1.82) is 0 Å². The van der Waals surface area contributed by atoms with Crippen LogP contribution in [0.5, 0.6) is 0 Å². The molecule has 0 amide bonds. The second-order valence-corrected chi connectivity index (χ2v) is 20.8. The first-order chi connectivity index (χ1) is 28.4. The molecule has 2 aliphatic heterocycles. The van der Waals surface area contributed by atoms with Crippen LogP contribution in [0.4, 0.5) is 28.4 Å². The molecule has 0 saturated carbocycles. The van der Waals surface area contributed by atoms with Gasteiger partial charge in [0.05, 0.1) is 5.70 Å². The molecule has 0 atom stereocenters. The first kappa shape index (κ1) is 39.7. The van der Waals surface area contributed by atoms with Crippen LogP contribution in [0.15, 0.2) is 158 Å². The number of para-hydroxylation sites is 1. The van der Waals surface area contributed by atoms with Crippen molar-refractivity contribution in [3.63, 3.8) is 0 Å². The van der Waals surface area contributed by atoms with Gasteiger partial charge >= 0.3 is 0 Å². The molecule has 0 spiro atoms. The van der Waals surface area contributed by atoms with Crippen LogP contribution in [-0.2, 0) is 16.2 Å². The number of fused-ring (bicyclic) bond motifs is 7. The Bertz CT molecular complexity index is 2740. The summed E-state index contributed by atoms with van der Waals surface area (Å²) in [5, 5.41) is 0. The van der Waals surface area contributed by atoms with Crippen molar-refractivity contribution in [2.24, 2.45) is 5.41 Å². The van der Waals surface area contributed by atoms with Crippen molar-refractivity contribution in [3.05, 3.63) is 186 Å². The summed E-state index contributed by atoms with van der Waals surface area (Å²) in [5.74, 6) is 0. The van der Waals surface area contributed by atoms with E-state index in [0.717, 1.165) is 5.70 Å². The summed E-state index contributed by atoms with van der Waals surface area (Å²) in [6, 6.07) is 48.8. The Morgan fingerprint density at radius 2 is 1.17 bits per heavy atom. The minimum absolute atomic E-state index is 0.0308. The molecular weight excluding hydrogens is 723 g/mol. The third-order valence-electron chi connectivity index (χ3n) is 13.4. The van der Waals surface area contributed by atoms with E-state index >= 15 is 0 Å². The Morgan fingerprint density at radius 1 is 0.567 bits per heavy atom. The number of benzene rings is 6. The fourth-order valence-electron chi connectivity index (χ4n) is 9.96. The minimum Gasteiger partial charge on any atom is -0.311 e. The summed E-state index contributed by atoms with van der Waals surface area (Å²) >= 11 is 0. The summed E-state index contributed by atoms with van der Waals surface area (Å²) in [4.78, 5) is 5.09. The van der Waals surface area contributed by atoms with Crippen molar-refractivity contribution < 1.29 is 0 Å². The van der Waals surface area contributed by atoms with Gasteiger partial charge in [-0.25, -0.2) is 0 Å². The number of hydrogen-bond donors (Lipinski definition) is 0. The zero-order chi connectivity index (χ0) is 42.5. The summed E-state index contributed by atoms with van der Waals surface area (Å²) in [6.45, 7) is 29.6. The van der Waals surface area contributed by atoms with Gasteiger partial charge < -0.3 is 9.80 Å². The number of rotatable bonds is 5. The lowest BCUT2D eigenvalue weighted by atomic mass is 9.33. The smallest absolute Gasteiger partial charge is 0.252 e. The van der Waals surface area contributed by atoms with Crippen LogP contribution >= 0.6 is 0 Å². The Kier molecular flexibility index (Phi) is 9.17. The van der Waals surface area contributed by atoms with E-state index in [0.29, 0.717) is 0 Å². The standard InChI is InChI=1S/C57H59BN2/c1-13-38(54(2,3)4)31-34-48(37-25-27-39(28-26-37)55(5,6)7)60-49-22-17-16-21-46(49)58-47-35-43-42-19-14-15-20-44(42)57(11,12)45(43)36-52(47)59(50-23-18-24-51(60)53(50)58)41-32-29-40(30-33-41)56(8,9)10/h13-36H,1H2,2-12H3/b38-31+,48-34+. The van der Waals surface area contributed by atoms with E-state index in [1.165, 1.54) is 89.3 Å². The SMILES string of the molecule is C=C/C(=C\C=C(/c1ccc(C(C)(C)C)cc1)N1c2ccccc2B2c3cc4c(cc3N(c3ccc(C(C)(C)C)cc3)c3cccc1c32)C(C)(C)c1ccccc1-4)C(C)(C)C. The van der Waals surface area contributed by atoms with Gasteiger partial charge in [0.15, 0.2) is 0 Å². The van der Waals surface area contributed by atoms with E-state index in [9.17, 15) is 0 Å². The Labute approximate surface area is 360 Å². The van der Waals surface area contributed by atoms with Gasteiger partial charge in [-0.05, 0) is 120 Å². The summed E-state index contributed by atoms with van der Waals surface area (Å²) in [6.07, 6.45) is 6.63. The summed E-state index contributed by atoms with van der Waals surface area (Å²) < 4.78 is 0. The van der Waals surface area contributed by atoms with Gasteiger partial charge in [-0.2, -0.15) is 0 Å². The zero-order valence-corrected chi connectivity index (χ0v) is 37.5. The maximum absolute atomic E-state index is 4.25. The highest BCUT2D eigenvalue weighted by Gasteiger charge is 2.46. The molecule has 2 heterocycles. The first-order valence-corrected chi connectivity index (χ1v) is 21.8. The summed E-state index contributed by atoms with van der Waals surface area (Å²) in [5.41, 5.74) is 21.6. The second-order valence-electron chi connectivity index (χ2n) is 20.8. The molecular formula is C57H59BN2. The van der Waals surface area contributed by atoms with Crippen molar-refractivity contribution in [1.82, 2.24) is 0 Å². The maximum Gasteiger partial charge on any atom is 0.252 e. The monoisotopic (exact) mass is 782 g/mol. The molecule has 0 N–H and O–H groups in total. The van der Waals surface area contributed by atoms with Gasteiger partial charge in [0, 0.05) is 33.9 Å². The molecule has 6 aromatic rings. The third-order valence-corrected chi connectivity index (χ3v) is 13.4. The lowest BCUT2D eigenvalue weighted by Gasteiger charge is -2.45. The van der Waals surface area contributed by atoms with Crippen LogP contribution in [0.2, 0.25) is 0 Å². The molecule has 1 aliphatic carbocycles. The van der Waals surface area contributed by atoms with Gasteiger partial charge in [-0.3, -0.25) is 0 Å². The molecule has 6 aromatic carbocycles. The number of allylic oxidation sites excluding steroid dienone is 4. The van der Waals surface area contributed by atoms with Crippen molar-refractivity contribution >= 4 is 57.2 Å². The highest BCUT2D eigenvalue weighted by Crippen LogP contribution is 2.52. The van der Waals surface area contributed by atoms with E-state index < -0.39 is 0 Å². The molecule has 0 saturated heterocycles. The molecule has 9 rings (SSSR count). The van der Waals surface area contributed by atoms with Crippen molar-refractivity contribution in [3.8, 4) is 11.1 Å². The average Bonchev–Trinajstić information content (AvgIpc) is 3.43. The van der Waals surface area contributed by atoms with Crippen LogP contribution in [0.1, 0.15) is 104 Å². The lowest BCUT2D eigenvalue weighted by molar-refractivity contribution is 0.517. The topological polar surface area (TPSA) is 6.48 Å². The van der Waals surface area contributed by atoms with Gasteiger partial charge in [-0.1, -0.05) is 186 Å². The van der Waals surface area contributed by atoms with E-state index in [4.69, 9.17) is 0 Å². The fourth-order valence-corrected chi connectivity index (χ4v) is 9.96. The molecule has 3 aliphatic rings. The second kappa shape index (κ2) is 13.9. The van der Waals surface area contributed by atoms with Crippen LogP contribution in [-0.4, -0.2) is 6.71 Å². The van der Waals surface area contributed by atoms with Gasteiger partial charge in [0.2, 0.25) is 0 Å². The van der Waals surface area contributed by atoms with Crippen LogP contribution in [0.25, 0.3) is 16.8 Å². The van der Waals surface area contributed by atoms with Crippen LogP contribution in [0, 0.1) is 5.41 Å². The zero-order valence-electron chi connectivity index (χ0n) is 37.5. The largest absolute Gasteiger partial charge is 0.311 e. The molecule has 60 heavy (non-hydrogen) atoms. The van der Waals surface area contributed by atoms with Gasteiger partial charge in [-0.15, -0.1) is 0 Å². The fraction of sp³-hybridized carbons (Fsp3) is 0.263. The number of hydrogen-bond acceptors (Lipinski definition) is 2.